The molecule has 1 fully saturated rings. The van der Waals surface area contributed by atoms with Gasteiger partial charge in [0.1, 0.15) is 0 Å². The molecular weight excluding hydrogens is 466 g/mol. The minimum absolute atomic E-state index is 0.558. The zero-order valence-electron chi connectivity index (χ0n) is 21.5. The summed E-state index contributed by atoms with van der Waals surface area (Å²) >= 11 is 0. The van der Waals surface area contributed by atoms with Gasteiger partial charge in [-0.2, -0.15) is 0 Å². The van der Waals surface area contributed by atoms with Crippen LogP contribution in [0.5, 0.6) is 0 Å². The summed E-state index contributed by atoms with van der Waals surface area (Å²) in [5.74, 6) is -1.66. The fourth-order valence-electron chi connectivity index (χ4n) is 5.54. The number of carboxylic acids is 2. The second-order valence-corrected chi connectivity index (χ2v) is 10.1. The average molecular weight is 504 g/mol. The minimum atomic E-state index is -1.26. The number of hydrogen-bond donors (Lipinski definition) is 2. The summed E-state index contributed by atoms with van der Waals surface area (Å²) in [4.78, 5) is 24.5. The van der Waals surface area contributed by atoms with E-state index in [4.69, 9.17) is 10.2 Å². The number of piperidine rings is 1. The van der Waals surface area contributed by atoms with Crippen LogP contribution in [0.4, 0.5) is 0 Å². The van der Waals surface area contributed by atoms with Crippen molar-refractivity contribution in [1.82, 2.24) is 14.4 Å². The van der Waals surface area contributed by atoms with Crippen LogP contribution in [0.1, 0.15) is 31.0 Å². The third-order valence-electron chi connectivity index (χ3n) is 7.45. The van der Waals surface area contributed by atoms with E-state index in [2.05, 4.69) is 82.0 Å². The molecule has 196 valence electrons. The maximum Gasteiger partial charge on any atom is 0.328 e. The molecule has 1 atom stereocenters. The van der Waals surface area contributed by atoms with Crippen molar-refractivity contribution in [3.8, 4) is 0 Å². The maximum absolute atomic E-state index is 9.55. The summed E-state index contributed by atoms with van der Waals surface area (Å²) in [6.45, 7) is 9.50. The Morgan fingerprint density at radius 2 is 1.57 bits per heavy atom. The molecule has 0 radical (unpaired) electrons. The summed E-state index contributed by atoms with van der Waals surface area (Å²) < 4.78 is 2.52. The van der Waals surface area contributed by atoms with E-state index in [9.17, 15) is 9.59 Å². The van der Waals surface area contributed by atoms with E-state index in [1.54, 1.807) is 0 Å². The largest absolute Gasteiger partial charge is 0.478 e. The van der Waals surface area contributed by atoms with E-state index in [0.717, 1.165) is 19.0 Å². The van der Waals surface area contributed by atoms with Crippen LogP contribution in [0, 0.1) is 5.92 Å². The molecule has 0 bridgehead atoms. The fraction of sp³-hybridized carbons (Fsp3) is 0.400. The molecular formula is C30H37N3O4. The quantitative estimate of drug-likeness (QED) is 0.462. The first-order valence-electron chi connectivity index (χ1n) is 13.1. The molecule has 0 aliphatic carbocycles. The molecule has 37 heavy (non-hydrogen) atoms. The summed E-state index contributed by atoms with van der Waals surface area (Å²) in [6, 6.07) is 22.9. The van der Waals surface area contributed by atoms with Crippen LogP contribution in [0.15, 0.2) is 72.8 Å². The Morgan fingerprint density at radius 3 is 2.24 bits per heavy atom. The molecule has 5 rings (SSSR count). The van der Waals surface area contributed by atoms with E-state index >= 15 is 0 Å². The van der Waals surface area contributed by atoms with E-state index < -0.39 is 11.9 Å². The molecule has 7 nitrogen and oxygen atoms in total. The highest BCUT2D eigenvalue weighted by Crippen LogP contribution is 2.26. The van der Waals surface area contributed by atoms with Gasteiger partial charge in [-0.15, -0.1) is 0 Å². The van der Waals surface area contributed by atoms with E-state index in [1.807, 2.05) is 0 Å². The van der Waals surface area contributed by atoms with Gasteiger partial charge in [0, 0.05) is 55.6 Å². The van der Waals surface area contributed by atoms with Crippen molar-refractivity contribution in [2.45, 2.75) is 45.3 Å². The predicted octanol–water partition coefficient (Wildman–Crippen LogP) is 4.51. The topological polar surface area (TPSA) is 86.0 Å². The Bertz CT molecular complexity index is 1200. The van der Waals surface area contributed by atoms with Gasteiger partial charge in [-0.05, 0) is 68.3 Å². The fourth-order valence-corrected chi connectivity index (χ4v) is 5.54. The summed E-state index contributed by atoms with van der Waals surface area (Å²) in [5, 5.41) is 17.0. The second-order valence-electron chi connectivity index (χ2n) is 10.1. The number of hydrogen-bond acceptors (Lipinski definition) is 4. The molecule has 1 unspecified atom stereocenters. The molecule has 2 aliphatic heterocycles. The number of para-hydroxylation sites is 1. The van der Waals surface area contributed by atoms with Crippen LogP contribution in [0.25, 0.3) is 10.9 Å². The first kappa shape index (κ1) is 26.6. The molecule has 0 saturated carbocycles. The lowest BCUT2D eigenvalue weighted by atomic mass is 9.89. The Morgan fingerprint density at radius 1 is 0.919 bits per heavy atom. The molecule has 1 aromatic heterocycles. The SMILES string of the molecule is CC(CN1CCn2c(cc3ccccc32)C1)N1CCC(Cc2ccccc2)CC1.O=C(O)/C=C\C(=O)O. The highest BCUT2D eigenvalue weighted by atomic mass is 16.4. The number of rotatable bonds is 7. The van der Waals surface area contributed by atoms with Crippen LogP contribution < -0.4 is 0 Å². The van der Waals surface area contributed by atoms with E-state index in [1.165, 1.54) is 67.6 Å². The van der Waals surface area contributed by atoms with E-state index in [-0.39, 0.29) is 0 Å². The Labute approximate surface area is 218 Å². The lowest BCUT2D eigenvalue weighted by molar-refractivity contribution is -0.134. The van der Waals surface area contributed by atoms with Crippen LogP contribution in [0.2, 0.25) is 0 Å². The van der Waals surface area contributed by atoms with Crippen molar-refractivity contribution in [2.75, 3.05) is 26.2 Å². The molecule has 7 heteroatoms. The van der Waals surface area contributed by atoms with Crippen molar-refractivity contribution in [1.29, 1.82) is 0 Å². The standard InChI is InChI=1S/C26H33N3.C4H4O4/c1-21(28-13-11-23(12-14-28)17-22-7-3-2-4-8-22)19-27-15-16-29-25(20-27)18-24-9-5-6-10-26(24)29;5-3(6)1-2-4(7)8/h2-10,18,21,23H,11-17,19-20H2,1H3;1-2H,(H,5,6)(H,7,8)/b;2-1-. The Balaban J connectivity index is 0.000000349. The predicted molar refractivity (Wildman–Crippen MR) is 146 cm³/mol. The van der Waals surface area contributed by atoms with Gasteiger partial charge < -0.3 is 14.8 Å². The zero-order chi connectivity index (χ0) is 26.2. The first-order valence-corrected chi connectivity index (χ1v) is 13.1. The highest BCUT2D eigenvalue weighted by molar-refractivity contribution is 5.89. The average Bonchev–Trinajstić information content (AvgIpc) is 3.27. The number of carbonyl (C=O) groups is 2. The van der Waals surface area contributed by atoms with Gasteiger partial charge in [-0.1, -0.05) is 48.5 Å². The van der Waals surface area contributed by atoms with Gasteiger partial charge in [0.05, 0.1) is 0 Å². The number of carboxylic acid groups (broad SMARTS) is 2. The maximum atomic E-state index is 9.55. The van der Waals surface area contributed by atoms with E-state index in [0.29, 0.717) is 18.2 Å². The molecule has 1 saturated heterocycles. The summed E-state index contributed by atoms with van der Waals surface area (Å²) in [6.07, 6.45) is 5.05. The van der Waals surface area contributed by atoms with Crippen molar-refractivity contribution in [3.05, 3.63) is 84.1 Å². The zero-order valence-corrected chi connectivity index (χ0v) is 21.5. The first-order chi connectivity index (χ1) is 17.9. The highest BCUT2D eigenvalue weighted by Gasteiger charge is 2.26. The Kier molecular flexibility index (Phi) is 9.14. The van der Waals surface area contributed by atoms with Gasteiger partial charge in [0.25, 0.3) is 0 Å². The minimum Gasteiger partial charge on any atom is -0.478 e. The number of nitrogens with zero attached hydrogens (tertiary/aromatic N) is 3. The van der Waals surface area contributed by atoms with Crippen LogP contribution in [0.3, 0.4) is 0 Å². The molecule has 2 N–H and O–H groups in total. The monoisotopic (exact) mass is 503 g/mol. The molecule has 0 amide bonds. The molecule has 0 spiro atoms. The van der Waals surface area contributed by atoms with Crippen molar-refractivity contribution in [2.24, 2.45) is 5.92 Å². The molecule has 3 heterocycles. The van der Waals surface area contributed by atoms with Gasteiger partial charge in [-0.25, -0.2) is 9.59 Å². The summed E-state index contributed by atoms with van der Waals surface area (Å²) in [7, 11) is 0. The number of fused-ring (bicyclic) bond motifs is 3. The van der Waals surface area contributed by atoms with Gasteiger partial charge in [0.2, 0.25) is 0 Å². The lowest BCUT2D eigenvalue weighted by Crippen LogP contribution is -2.47. The number of likely N-dealkylation sites (tertiary alicyclic amines) is 1. The molecule has 2 aliphatic rings. The lowest BCUT2D eigenvalue weighted by Gasteiger charge is -2.39. The second kappa shape index (κ2) is 12.7. The van der Waals surface area contributed by atoms with Crippen LogP contribution >= 0.6 is 0 Å². The smallest absolute Gasteiger partial charge is 0.328 e. The van der Waals surface area contributed by atoms with Crippen LogP contribution in [-0.4, -0.2) is 68.7 Å². The number of aliphatic carboxylic acids is 2. The van der Waals surface area contributed by atoms with Gasteiger partial charge in [-0.3, -0.25) is 9.80 Å². The number of benzene rings is 2. The van der Waals surface area contributed by atoms with Crippen LogP contribution in [-0.2, 0) is 29.1 Å². The summed E-state index contributed by atoms with van der Waals surface area (Å²) in [5.41, 5.74) is 4.38. The normalized spacial score (nSPS) is 17.8. The van der Waals surface area contributed by atoms with Gasteiger partial charge >= 0.3 is 11.9 Å². The molecule has 3 aromatic rings. The molecule has 2 aromatic carbocycles. The van der Waals surface area contributed by atoms with Crippen molar-refractivity contribution < 1.29 is 19.8 Å². The third-order valence-corrected chi connectivity index (χ3v) is 7.45. The third kappa shape index (κ3) is 7.54. The van der Waals surface area contributed by atoms with Crippen molar-refractivity contribution >= 4 is 22.8 Å². The van der Waals surface area contributed by atoms with Crippen molar-refractivity contribution in [3.63, 3.8) is 0 Å². The Hall–Kier alpha value is -3.42. The van der Waals surface area contributed by atoms with Gasteiger partial charge in [0.15, 0.2) is 0 Å². The number of aromatic nitrogens is 1.